The second kappa shape index (κ2) is 6.93. The lowest BCUT2D eigenvalue weighted by atomic mass is 10.1. The van der Waals surface area contributed by atoms with Crippen LogP contribution >= 0.6 is 11.6 Å². The minimum atomic E-state index is -0.917. The maximum atomic E-state index is 11.5. The van der Waals surface area contributed by atoms with Gasteiger partial charge in [0.1, 0.15) is 5.69 Å². The highest BCUT2D eigenvalue weighted by Crippen LogP contribution is 2.18. The first-order chi connectivity index (χ1) is 11.5. The molecule has 0 aliphatic carbocycles. The first-order valence-electron chi connectivity index (χ1n) is 7.74. The van der Waals surface area contributed by atoms with E-state index in [1.807, 2.05) is 34.9 Å². The summed E-state index contributed by atoms with van der Waals surface area (Å²) >= 11 is 5.93. The van der Waals surface area contributed by atoms with Gasteiger partial charge in [-0.15, -0.1) is 0 Å². The summed E-state index contributed by atoms with van der Waals surface area (Å²) in [6.45, 7) is 2.56. The summed E-state index contributed by atoms with van der Waals surface area (Å²) < 4.78 is 1.85. The van der Waals surface area contributed by atoms with E-state index in [4.69, 9.17) is 11.6 Å². The van der Waals surface area contributed by atoms with Crippen molar-refractivity contribution in [3.05, 3.63) is 93.8 Å². The van der Waals surface area contributed by atoms with Crippen LogP contribution in [0.2, 0.25) is 5.02 Å². The van der Waals surface area contributed by atoms with E-state index in [1.54, 1.807) is 6.07 Å². The van der Waals surface area contributed by atoms with E-state index in [2.05, 4.69) is 31.2 Å². The van der Waals surface area contributed by atoms with E-state index in [1.165, 1.54) is 5.56 Å². The molecule has 24 heavy (non-hydrogen) atoms. The Bertz CT molecular complexity index is 848. The van der Waals surface area contributed by atoms with E-state index in [0.717, 1.165) is 16.8 Å². The van der Waals surface area contributed by atoms with Gasteiger partial charge >= 0.3 is 5.97 Å². The van der Waals surface area contributed by atoms with Crippen molar-refractivity contribution in [2.45, 2.75) is 19.9 Å². The molecule has 0 fully saturated rings. The minimum Gasteiger partial charge on any atom is -0.477 e. The van der Waals surface area contributed by atoms with Crippen molar-refractivity contribution in [1.29, 1.82) is 0 Å². The van der Waals surface area contributed by atoms with Gasteiger partial charge in [0.2, 0.25) is 0 Å². The number of carbonyl (C=O) groups is 1. The zero-order chi connectivity index (χ0) is 17.1. The van der Waals surface area contributed by atoms with Gasteiger partial charge in [-0.05, 0) is 42.3 Å². The Kier molecular flexibility index (Phi) is 4.72. The maximum absolute atomic E-state index is 11.5. The molecule has 122 valence electrons. The SMILES string of the molecule is Cc1ccc(Cc2ccc(C(=O)O)n2Cc2ccc(Cl)cc2)cc1. The molecule has 0 bridgehead atoms. The molecule has 3 nitrogen and oxygen atoms in total. The van der Waals surface area contributed by atoms with Gasteiger partial charge in [-0.1, -0.05) is 53.6 Å². The number of hydrogen-bond donors (Lipinski definition) is 1. The van der Waals surface area contributed by atoms with Crippen LogP contribution in [-0.4, -0.2) is 15.6 Å². The Morgan fingerprint density at radius 1 is 0.958 bits per heavy atom. The standard InChI is InChI=1S/C20H18ClNO2/c1-14-2-4-15(5-3-14)12-18-10-11-19(20(23)24)22(18)13-16-6-8-17(21)9-7-16/h2-11H,12-13H2,1H3,(H,23,24). The third kappa shape index (κ3) is 3.69. The summed E-state index contributed by atoms with van der Waals surface area (Å²) in [6.07, 6.45) is 0.696. The number of nitrogens with zero attached hydrogens (tertiary/aromatic N) is 1. The largest absolute Gasteiger partial charge is 0.477 e. The lowest BCUT2D eigenvalue weighted by Crippen LogP contribution is -2.12. The number of aromatic nitrogens is 1. The van der Waals surface area contributed by atoms with Crippen molar-refractivity contribution in [3.63, 3.8) is 0 Å². The molecule has 3 aromatic rings. The van der Waals surface area contributed by atoms with Crippen LogP contribution in [0.5, 0.6) is 0 Å². The van der Waals surface area contributed by atoms with E-state index < -0.39 is 5.97 Å². The van der Waals surface area contributed by atoms with Gasteiger partial charge < -0.3 is 9.67 Å². The van der Waals surface area contributed by atoms with Crippen LogP contribution < -0.4 is 0 Å². The lowest BCUT2D eigenvalue weighted by molar-refractivity contribution is 0.0685. The van der Waals surface area contributed by atoms with Crippen molar-refractivity contribution < 1.29 is 9.90 Å². The van der Waals surface area contributed by atoms with Gasteiger partial charge in [0.25, 0.3) is 0 Å². The molecule has 0 atom stereocenters. The number of aryl methyl sites for hydroxylation is 1. The highest BCUT2D eigenvalue weighted by atomic mass is 35.5. The molecule has 0 saturated carbocycles. The highest BCUT2D eigenvalue weighted by Gasteiger charge is 2.14. The van der Waals surface area contributed by atoms with Crippen molar-refractivity contribution >= 4 is 17.6 Å². The summed E-state index contributed by atoms with van der Waals surface area (Å²) in [4.78, 5) is 11.5. The molecule has 0 spiro atoms. The quantitative estimate of drug-likeness (QED) is 0.726. The van der Waals surface area contributed by atoms with Crippen LogP contribution in [0.4, 0.5) is 0 Å². The Labute approximate surface area is 146 Å². The second-order valence-electron chi connectivity index (χ2n) is 5.89. The smallest absolute Gasteiger partial charge is 0.352 e. The molecular weight excluding hydrogens is 322 g/mol. The third-order valence-corrected chi connectivity index (χ3v) is 4.30. The van der Waals surface area contributed by atoms with Crippen molar-refractivity contribution in [3.8, 4) is 0 Å². The molecule has 0 saturated heterocycles. The molecule has 0 unspecified atom stereocenters. The monoisotopic (exact) mass is 339 g/mol. The predicted octanol–water partition coefficient (Wildman–Crippen LogP) is 4.79. The number of carboxylic acids is 1. The van der Waals surface area contributed by atoms with Crippen molar-refractivity contribution in [2.24, 2.45) is 0 Å². The molecule has 0 radical (unpaired) electrons. The molecule has 1 aromatic heterocycles. The summed E-state index contributed by atoms with van der Waals surface area (Å²) in [5.74, 6) is -0.917. The van der Waals surface area contributed by atoms with Gasteiger partial charge in [0, 0.05) is 23.7 Å². The summed E-state index contributed by atoms with van der Waals surface area (Å²) in [5, 5.41) is 10.1. The van der Waals surface area contributed by atoms with Crippen molar-refractivity contribution in [1.82, 2.24) is 4.57 Å². The fraction of sp³-hybridized carbons (Fsp3) is 0.150. The molecule has 0 amide bonds. The fourth-order valence-corrected chi connectivity index (χ4v) is 2.85. The van der Waals surface area contributed by atoms with E-state index >= 15 is 0 Å². The van der Waals surface area contributed by atoms with Crippen LogP contribution in [0.3, 0.4) is 0 Å². The molecule has 0 aliphatic rings. The highest BCUT2D eigenvalue weighted by molar-refractivity contribution is 6.30. The topological polar surface area (TPSA) is 42.2 Å². The fourth-order valence-electron chi connectivity index (χ4n) is 2.73. The lowest BCUT2D eigenvalue weighted by Gasteiger charge is -2.12. The van der Waals surface area contributed by atoms with Crippen LogP contribution in [0.1, 0.15) is 32.9 Å². The number of halogens is 1. The molecule has 3 rings (SSSR count). The van der Waals surface area contributed by atoms with Crippen molar-refractivity contribution in [2.75, 3.05) is 0 Å². The summed E-state index contributed by atoms with van der Waals surface area (Å²) in [5.41, 5.74) is 4.66. The number of benzene rings is 2. The van der Waals surface area contributed by atoms with Gasteiger partial charge in [-0.2, -0.15) is 0 Å². The van der Waals surface area contributed by atoms with Crippen LogP contribution in [-0.2, 0) is 13.0 Å². The first kappa shape index (κ1) is 16.3. The minimum absolute atomic E-state index is 0.298. The zero-order valence-electron chi connectivity index (χ0n) is 13.4. The van der Waals surface area contributed by atoms with Gasteiger partial charge in [-0.25, -0.2) is 4.79 Å². The van der Waals surface area contributed by atoms with Crippen LogP contribution in [0, 0.1) is 6.92 Å². The van der Waals surface area contributed by atoms with Gasteiger partial charge in [0.15, 0.2) is 0 Å². The molecule has 0 aliphatic heterocycles. The summed E-state index contributed by atoms with van der Waals surface area (Å²) in [7, 11) is 0. The number of rotatable bonds is 5. The van der Waals surface area contributed by atoms with Gasteiger partial charge in [0.05, 0.1) is 0 Å². The molecule has 4 heteroatoms. The van der Waals surface area contributed by atoms with Crippen LogP contribution in [0.15, 0.2) is 60.7 Å². The van der Waals surface area contributed by atoms with E-state index in [0.29, 0.717) is 23.7 Å². The Morgan fingerprint density at radius 3 is 2.21 bits per heavy atom. The van der Waals surface area contributed by atoms with Gasteiger partial charge in [-0.3, -0.25) is 0 Å². The molecule has 1 N–H and O–H groups in total. The second-order valence-corrected chi connectivity index (χ2v) is 6.33. The molecule has 2 aromatic carbocycles. The average molecular weight is 340 g/mol. The van der Waals surface area contributed by atoms with E-state index in [-0.39, 0.29) is 0 Å². The van der Waals surface area contributed by atoms with E-state index in [9.17, 15) is 9.90 Å². The average Bonchev–Trinajstić information content (AvgIpc) is 2.94. The maximum Gasteiger partial charge on any atom is 0.352 e. The Balaban J connectivity index is 1.93. The number of carboxylic acid groups (broad SMARTS) is 1. The molecule has 1 heterocycles. The predicted molar refractivity (Wildman–Crippen MR) is 95.9 cm³/mol. The number of aromatic carboxylic acids is 1. The summed E-state index contributed by atoms with van der Waals surface area (Å²) in [6, 6.07) is 19.3. The first-order valence-corrected chi connectivity index (χ1v) is 8.12. The Morgan fingerprint density at radius 2 is 1.58 bits per heavy atom. The third-order valence-electron chi connectivity index (χ3n) is 4.05. The zero-order valence-corrected chi connectivity index (χ0v) is 14.1. The molecular formula is C20H18ClNO2. The normalized spacial score (nSPS) is 10.8. The Hall–Kier alpha value is -2.52. The van der Waals surface area contributed by atoms with Crippen LogP contribution in [0.25, 0.3) is 0 Å². The number of hydrogen-bond acceptors (Lipinski definition) is 1.